The quantitative estimate of drug-likeness (QED) is 0.689. The molecule has 0 saturated heterocycles. The number of carbonyl (C=O) groups is 1. The van der Waals surface area contributed by atoms with Crippen LogP contribution in [0, 0.1) is 5.82 Å². The Bertz CT molecular complexity index is 703. The largest absolute Gasteiger partial charge is 0.497 e. The monoisotopic (exact) mass is 358 g/mol. The molecule has 140 valence electrons. The highest BCUT2D eigenvalue weighted by Gasteiger charge is 2.15. The summed E-state index contributed by atoms with van der Waals surface area (Å²) in [5.74, 6) is 0.619. The molecule has 0 aliphatic rings. The lowest BCUT2D eigenvalue weighted by molar-refractivity contribution is -0.131. The molecule has 0 N–H and O–H groups in total. The molecule has 0 aromatic heterocycles. The van der Waals surface area contributed by atoms with Gasteiger partial charge in [-0.1, -0.05) is 30.3 Å². The number of amides is 1. The number of benzene rings is 2. The van der Waals surface area contributed by atoms with Crippen molar-refractivity contribution in [3.63, 3.8) is 0 Å². The lowest BCUT2D eigenvalue weighted by Gasteiger charge is -2.25. The fourth-order valence-corrected chi connectivity index (χ4v) is 2.65. The van der Waals surface area contributed by atoms with E-state index in [9.17, 15) is 9.18 Å². The number of halogens is 1. The summed E-state index contributed by atoms with van der Waals surface area (Å²) >= 11 is 0. The van der Waals surface area contributed by atoms with Gasteiger partial charge in [0, 0.05) is 32.2 Å². The van der Waals surface area contributed by atoms with E-state index in [-0.39, 0.29) is 18.3 Å². The normalized spacial score (nSPS) is 10.8. The molecule has 5 heteroatoms. The van der Waals surface area contributed by atoms with E-state index in [2.05, 4.69) is 0 Å². The fraction of sp³-hybridized carbons (Fsp3) is 0.381. The molecule has 2 rings (SSSR count). The highest BCUT2D eigenvalue weighted by Crippen LogP contribution is 2.14. The van der Waals surface area contributed by atoms with Gasteiger partial charge in [0.1, 0.15) is 11.6 Å². The van der Waals surface area contributed by atoms with Gasteiger partial charge in [0.2, 0.25) is 5.91 Å². The van der Waals surface area contributed by atoms with E-state index in [4.69, 9.17) is 4.74 Å². The van der Waals surface area contributed by atoms with E-state index in [0.29, 0.717) is 25.2 Å². The summed E-state index contributed by atoms with van der Waals surface area (Å²) in [6, 6.07) is 14.6. The van der Waals surface area contributed by atoms with Gasteiger partial charge < -0.3 is 9.64 Å². The van der Waals surface area contributed by atoms with Crippen LogP contribution < -0.4 is 4.74 Å². The molecule has 0 saturated carbocycles. The van der Waals surface area contributed by atoms with Crippen molar-refractivity contribution in [3.8, 4) is 5.75 Å². The van der Waals surface area contributed by atoms with Gasteiger partial charge >= 0.3 is 0 Å². The van der Waals surface area contributed by atoms with Crippen LogP contribution in [-0.4, -0.2) is 49.5 Å². The third-order valence-corrected chi connectivity index (χ3v) is 4.49. The van der Waals surface area contributed by atoms with Crippen LogP contribution in [0.25, 0.3) is 0 Å². The second-order valence-electron chi connectivity index (χ2n) is 6.31. The van der Waals surface area contributed by atoms with Crippen molar-refractivity contribution in [3.05, 3.63) is 65.5 Å². The fourth-order valence-electron chi connectivity index (χ4n) is 2.65. The topological polar surface area (TPSA) is 32.8 Å². The molecular formula is C21H27FN2O2. The first-order valence-corrected chi connectivity index (χ1v) is 8.86. The summed E-state index contributed by atoms with van der Waals surface area (Å²) in [6.07, 6.45) is 0.779. The summed E-state index contributed by atoms with van der Waals surface area (Å²) in [7, 11) is 3.42. The van der Waals surface area contributed by atoms with Gasteiger partial charge in [-0.25, -0.2) is 4.39 Å². The smallest absolute Gasteiger partial charge is 0.236 e. The van der Waals surface area contributed by atoms with Crippen LogP contribution in [0.15, 0.2) is 48.5 Å². The molecule has 26 heavy (non-hydrogen) atoms. The maximum atomic E-state index is 14.0. The minimum Gasteiger partial charge on any atom is -0.497 e. The number of carbonyl (C=O) groups excluding carboxylic acids is 1. The summed E-state index contributed by atoms with van der Waals surface area (Å²) in [5, 5.41) is 0. The third-order valence-electron chi connectivity index (χ3n) is 4.49. The Balaban J connectivity index is 2.06. The Hall–Kier alpha value is -2.40. The molecule has 0 bridgehead atoms. The second-order valence-corrected chi connectivity index (χ2v) is 6.31. The summed E-state index contributed by atoms with van der Waals surface area (Å²) in [6.45, 7) is 3.95. The first kappa shape index (κ1) is 19.9. The molecule has 0 aliphatic heterocycles. The van der Waals surface area contributed by atoms with E-state index in [1.165, 1.54) is 6.07 Å². The number of methoxy groups -OCH3 is 1. The van der Waals surface area contributed by atoms with Crippen molar-refractivity contribution in [2.75, 3.05) is 33.8 Å². The minimum atomic E-state index is -0.238. The summed E-state index contributed by atoms with van der Waals surface area (Å²) in [4.78, 5) is 16.0. The number of rotatable bonds is 9. The number of likely N-dealkylation sites (N-methyl/N-ethyl adjacent to an activating group) is 1. The predicted octanol–water partition coefficient (Wildman–Crippen LogP) is 3.36. The highest BCUT2D eigenvalue weighted by atomic mass is 19.1. The number of ether oxygens (including phenoxy) is 1. The van der Waals surface area contributed by atoms with Crippen LogP contribution in [0.5, 0.6) is 5.75 Å². The minimum absolute atomic E-state index is 0.0403. The van der Waals surface area contributed by atoms with Crippen molar-refractivity contribution >= 4 is 5.91 Å². The average molecular weight is 358 g/mol. The molecule has 1 amide bonds. The number of nitrogens with zero attached hydrogens (tertiary/aromatic N) is 2. The first-order chi connectivity index (χ1) is 12.5. The van der Waals surface area contributed by atoms with Gasteiger partial charge in [-0.05, 0) is 37.1 Å². The van der Waals surface area contributed by atoms with Crippen molar-refractivity contribution in [2.45, 2.75) is 19.9 Å². The standard InChI is InChI=1S/C21H27FN2O2/c1-4-23(2)21(25)16-24(15-18-7-5-6-8-20(18)22)14-13-17-9-11-19(26-3)12-10-17/h5-12H,4,13-16H2,1-3H3. The number of hydrogen-bond acceptors (Lipinski definition) is 3. The van der Waals surface area contributed by atoms with Gasteiger partial charge in [-0.15, -0.1) is 0 Å². The maximum Gasteiger partial charge on any atom is 0.236 e. The van der Waals surface area contributed by atoms with E-state index in [1.807, 2.05) is 42.2 Å². The lowest BCUT2D eigenvalue weighted by atomic mass is 10.1. The Morgan fingerprint density at radius 2 is 1.81 bits per heavy atom. The van der Waals surface area contributed by atoms with Gasteiger partial charge in [0.15, 0.2) is 0 Å². The van der Waals surface area contributed by atoms with Gasteiger partial charge in [0.05, 0.1) is 13.7 Å². The molecule has 0 aliphatic carbocycles. The molecular weight excluding hydrogens is 331 g/mol. The maximum absolute atomic E-state index is 14.0. The van der Waals surface area contributed by atoms with E-state index in [0.717, 1.165) is 17.7 Å². The van der Waals surface area contributed by atoms with Crippen molar-refractivity contribution in [1.82, 2.24) is 9.80 Å². The summed E-state index contributed by atoms with van der Waals surface area (Å²) < 4.78 is 19.2. The predicted molar refractivity (Wildman–Crippen MR) is 102 cm³/mol. The van der Waals surface area contributed by atoms with E-state index < -0.39 is 0 Å². The zero-order chi connectivity index (χ0) is 18.9. The Kier molecular flexibility index (Phi) is 7.60. The van der Waals surface area contributed by atoms with Crippen LogP contribution in [0.3, 0.4) is 0 Å². The van der Waals surface area contributed by atoms with Crippen LogP contribution >= 0.6 is 0 Å². The zero-order valence-electron chi connectivity index (χ0n) is 15.7. The lowest BCUT2D eigenvalue weighted by Crippen LogP contribution is -2.39. The molecule has 0 atom stereocenters. The molecule has 2 aromatic rings. The van der Waals surface area contributed by atoms with E-state index >= 15 is 0 Å². The first-order valence-electron chi connectivity index (χ1n) is 8.86. The molecule has 0 unspecified atom stereocenters. The molecule has 0 spiro atoms. The summed E-state index contributed by atoms with van der Waals surface area (Å²) in [5.41, 5.74) is 1.76. The van der Waals surface area contributed by atoms with Crippen molar-refractivity contribution < 1.29 is 13.9 Å². The van der Waals surface area contributed by atoms with Crippen molar-refractivity contribution in [1.29, 1.82) is 0 Å². The highest BCUT2D eigenvalue weighted by molar-refractivity contribution is 5.77. The van der Waals surface area contributed by atoms with Crippen molar-refractivity contribution in [2.24, 2.45) is 0 Å². The average Bonchev–Trinajstić information content (AvgIpc) is 2.67. The molecule has 0 fully saturated rings. The third kappa shape index (κ3) is 5.85. The SMILES string of the molecule is CCN(C)C(=O)CN(CCc1ccc(OC)cc1)Cc1ccccc1F. The zero-order valence-corrected chi connectivity index (χ0v) is 15.7. The van der Waals surface area contributed by atoms with Crippen LogP contribution in [0.2, 0.25) is 0 Å². The molecule has 2 aromatic carbocycles. The number of hydrogen-bond donors (Lipinski definition) is 0. The molecule has 0 heterocycles. The van der Waals surface area contributed by atoms with Crippen LogP contribution in [0.4, 0.5) is 4.39 Å². The van der Waals surface area contributed by atoms with Crippen LogP contribution in [0.1, 0.15) is 18.1 Å². The van der Waals surface area contributed by atoms with Gasteiger partial charge in [-0.3, -0.25) is 9.69 Å². The Morgan fingerprint density at radius 1 is 1.12 bits per heavy atom. The second kappa shape index (κ2) is 9.92. The molecule has 4 nitrogen and oxygen atoms in total. The Labute approximate surface area is 155 Å². The van der Waals surface area contributed by atoms with Gasteiger partial charge in [-0.2, -0.15) is 0 Å². The van der Waals surface area contributed by atoms with Gasteiger partial charge in [0.25, 0.3) is 0 Å². The van der Waals surface area contributed by atoms with E-state index in [1.54, 1.807) is 31.2 Å². The van der Waals surface area contributed by atoms with Crippen LogP contribution in [-0.2, 0) is 17.8 Å². The Morgan fingerprint density at radius 3 is 2.42 bits per heavy atom. The molecule has 0 radical (unpaired) electrons.